The van der Waals surface area contributed by atoms with Gasteiger partial charge in [-0.25, -0.2) is 10.1 Å². The number of aromatic nitrogens is 4. The average Bonchev–Trinajstić information content (AvgIpc) is 2.95. The summed E-state index contributed by atoms with van der Waals surface area (Å²) in [5.74, 6) is 0.456. The van der Waals surface area contributed by atoms with E-state index >= 15 is 0 Å². The number of aromatic amines is 2. The van der Waals surface area contributed by atoms with E-state index in [2.05, 4.69) is 25.5 Å². The molecule has 0 saturated carbocycles. The van der Waals surface area contributed by atoms with Gasteiger partial charge in [0.2, 0.25) is 0 Å². The van der Waals surface area contributed by atoms with E-state index in [9.17, 15) is 9.59 Å². The fourth-order valence-electron chi connectivity index (χ4n) is 1.97. The standard InChI is InChI=1S/C15H13N5O2/c1-9-16-8-13(17-9)10-2-4-11(5-3-10)18-15(22)12-6-7-14(21)20-19-12/h2-8H,1H3,(H,16,17)(H,18,22)(H,20,21). The SMILES string of the molecule is Cc1ncc(-c2ccc(NC(=O)c3ccc(=O)[nH]n3)cc2)[nH]1. The van der Waals surface area contributed by atoms with Gasteiger partial charge in [0.05, 0.1) is 11.9 Å². The van der Waals surface area contributed by atoms with Crippen LogP contribution in [-0.4, -0.2) is 26.1 Å². The zero-order valence-corrected chi connectivity index (χ0v) is 11.8. The van der Waals surface area contributed by atoms with Gasteiger partial charge in [0.15, 0.2) is 0 Å². The molecule has 7 heteroatoms. The first-order valence-corrected chi connectivity index (χ1v) is 6.61. The number of hydrogen-bond donors (Lipinski definition) is 3. The van der Waals surface area contributed by atoms with Crippen LogP contribution < -0.4 is 10.9 Å². The summed E-state index contributed by atoms with van der Waals surface area (Å²) in [7, 11) is 0. The Bertz CT molecular complexity index is 844. The predicted octanol–water partition coefficient (Wildman–Crippen LogP) is 1.72. The number of aryl methyl sites for hydroxylation is 1. The highest BCUT2D eigenvalue weighted by Crippen LogP contribution is 2.19. The Morgan fingerprint density at radius 3 is 2.50 bits per heavy atom. The maximum atomic E-state index is 12.0. The average molecular weight is 295 g/mol. The minimum atomic E-state index is -0.388. The molecule has 0 atom stereocenters. The minimum Gasteiger partial charge on any atom is -0.342 e. The number of benzene rings is 1. The lowest BCUT2D eigenvalue weighted by molar-refractivity contribution is 0.102. The summed E-state index contributed by atoms with van der Waals surface area (Å²) in [5, 5.41) is 8.61. The van der Waals surface area contributed by atoms with E-state index in [-0.39, 0.29) is 17.2 Å². The van der Waals surface area contributed by atoms with Crippen LogP contribution in [0.5, 0.6) is 0 Å². The van der Waals surface area contributed by atoms with Crippen molar-refractivity contribution in [2.45, 2.75) is 6.92 Å². The number of anilines is 1. The maximum absolute atomic E-state index is 12.0. The molecule has 2 aromatic heterocycles. The molecule has 0 unspecified atom stereocenters. The fourth-order valence-corrected chi connectivity index (χ4v) is 1.97. The van der Waals surface area contributed by atoms with E-state index in [0.29, 0.717) is 5.69 Å². The van der Waals surface area contributed by atoms with Gasteiger partial charge < -0.3 is 10.3 Å². The van der Waals surface area contributed by atoms with Crippen molar-refractivity contribution >= 4 is 11.6 Å². The molecular formula is C15H13N5O2. The molecule has 0 fully saturated rings. The summed E-state index contributed by atoms with van der Waals surface area (Å²) >= 11 is 0. The molecular weight excluding hydrogens is 282 g/mol. The molecule has 0 saturated heterocycles. The largest absolute Gasteiger partial charge is 0.342 e. The molecule has 7 nitrogen and oxygen atoms in total. The summed E-state index contributed by atoms with van der Waals surface area (Å²) in [6, 6.07) is 9.96. The van der Waals surface area contributed by atoms with Crippen LogP contribution in [0, 0.1) is 6.92 Å². The van der Waals surface area contributed by atoms with Gasteiger partial charge in [0, 0.05) is 11.8 Å². The molecule has 2 heterocycles. The van der Waals surface area contributed by atoms with Crippen LogP contribution in [0.4, 0.5) is 5.69 Å². The monoisotopic (exact) mass is 295 g/mol. The topological polar surface area (TPSA) is 104 Å². The van der Waals surface area contributed by atoms with Crippen LogP contribution in [0.25, 0.3) is 11.3 Å². The van der Waals surface area contributed by atoms with Gasteiger partial charge in [-0.1, -0.05) is 12.1 Å². The molecule has 1 amide bonds. The number of carbonyl (C=O) groups excluding carboxylic acids is 1. The number of rotatable bonds is 3. The van der Waals surface area contributed by atoms with Crippen molar-refractivity contribution < 1.29 is 4.79 Å². The highest BCUT2D eigenvalue weighted by molar-refractivity contribution is 6.02. The summed E-state index contributed by atoms with van der Waals surface area (Å²) in [4.78, 5) is 30.2. The third-order valence-electron chi connectivity index (χ3n) is 3.07. The first-order valence-electron chi connectivity index (χ1n) is 6.61. The van der Waals surface area contributed by atoms with Crippen LogP contribution in [0.15, 0.2) is 47.4 Å². The maximum Gasteiger partial charge on any atom is 0.276 e. The number of H-pyrrole nitrogens is 2. The molecule has 0 aliphatic carbocycles. The predicted molar refractivity (Wildman–Crippen MR) is 81.6 cm³/mol. The Labute approximate surface area is 125 Å². The van der Waals surface area contributed by atoms with Crippen LogP contribution in [-0.2, 0) is 0 Å². The van der Waals surface area contributed by atoms with Crippen molar-refractivity contribution in [2.75, 3.05) is 5.32 Å². The number of nitrogens with one attached hydrogen (secondary N) is 3. The summed E-state index contributed by atoms with van der Waals surface area (Å²) in [5.41, 5.74) is 2.32. The van der Waals surface area contributed by atoms with Crippen molar-refractivity contribution in [2.24, 2.45) is 0 Å². The lowest BCUT2D eigenvalue weighted by Crippen LogP contribution is -2.17. The van der Waals surface area contributed by atoms with Gasteiger partial charge >= 0.3 is 0 Å². The van der Waals surface area contributed by atoms with Crippen molar-refractivity contribution in [1.82, 2.24) is 20.2 Å². The number of imidazole rings is 1. The number of carbonyl (C=O) groups is 1. The van der Waals surface area contributed by atoms with E-state index in [4.69, 9.17) is 0 Å². The lowest BCUT2D eigenvalue weighted by atomic mass is 10.1. The zero-order chi connectivity index (χ0) is 15.5. The van der Waals surface area contributed by atoms with E-state index in [1.807, 2.05) is 19.1 Å². The van der Waals surface area contributed by atoms with Gasteiger partial charge in [-0.3, -0.25) is 9.59 Å². The van der Waals surface area contributed by atoms with E-state index in [1.165, 1.54) is 12.1 Å². The first-order chi connectivity index (χ1) is 10.6. The molecule has 3 N–H and O–H groups in total. The second-order valence-corrected chi connectivity index (χ2v) is 4.72. The number of hydrogen-bond acceptors (Lipinski definition) is 4. The van der Waals surface area contributed by atoms with Crippen molar-refractivity contribution in [3.05, 3.63) is 64.5 Å². The second-order valence-electron chi connectivity index (χ2n) is 4.72. The van der Waals surface area contributed by atoms with Crippen molar-refractivity contribution in [1.29, 1.82) is 0 Å². The molecule has 0 aliphatic rings. The van der Waals surface area contributed by atoms with Crippen molar-refractivity contribution in [3.63, 3.8) is 0 Å². The first kappa shape index (κ1) is 13.7. The highest BCUT2D eigenvalue weighted by atomic mass is 16.2. The van der Waals surface area contributed by atoms with Crippen LogP contribution in [0.2, 0.25) is 0 Å². The Balaban J connectivity index is 1.74. The van der Waals surface area contributed by atoms with Gasteiger partial charge in [-0.15, -0.1) is 0 Å². The Kier molecular flexibility index (Phi) is 3.53. The van der Waals surface area contributed by atoms with Crippen LogP contribution in [0.3, 0.4) is 0 Å². The van der Waals surface area contributed by atoms with Gasteiger partial charge in [-0.05, 0) is 30.7 Å². The molecule has 3 aromatic rings. The number of amides is 1. The Morgan fingerprint density at radius 1 is 1.14 bits per heavy atom. The van der Waals surface area contributed by atoms with Crippen LogP contribution >= 0.6 is 0 Å². The van der Waals surface area contributed by atoms with Crippen molar-refractivity contribution in [3.8, 4) is 11.3 Å². The molecule has 0 bridgehead atoms. The molecule has 1 aromatic carbocycles. The lowest BCUT2D eigenvalue weighted by Gasteiger charge is -2.05. The van der Waals surface area contributed by atoms with Crippen LogP contribution in [0.1, 0.15) is 16.3 Å². The van der Waals surface area contributed by atoms with Gasteiger partial charge in [-0.2, -0.15) is 5.10 Å². The zero-order valence-electron chi connectivity index (χ0n) is 11.8. The quantitative estimate of drug-likeness (QED) is 0.684. The summed E-state index contributed by atoms with van der Waals surface area (Å²) < 4.78 is 0. The Hall–Kier alpha value is -3.22. The van der Waals surface area contributed by atoms with E-state index < -0.39 is 0 Å². The normalized spacial score (nSPS) is 10.4. The smallest absolute Gasteiger partial charge is 0.276 e. The third kappa shape index (κ3) is 2.93. The molecule has 22 heavy (non-hydrogen) atoms. The van der Waals surface area contributed by atoms with E-state index in [1.54, 1.807) is 18.3 Å². The molecule has 110 valence electrons. The minimum absolute atomic E-state index is 0.146. The summed E-state index contributed by atoms with van der Waals surface area (Å²) in [6.45, 7) is 1.88. The fraction of sp³-hybridized carbons (Fsp3) is 0.0667. The number of nitrogens with zero attached hydrogens (tertiary/aromatic N) is 2. The molecule has 0 radical (unpaired) electrons. The highest BCUT2D eigenvalue weighted by Gasteiger charge is 2.08. The van der Waals surface area contributed by atoms with Gasteiger partial charge in [0.25, 0.3) is 11.5 Å². The van der Waals surface area contributed by atoms with E-state index in [0.717, 1.165) is 17.1 Å². The second kappa shape index (κ2) is 5.65. The summed E-state index contributed by atoms with van der Waals surface area (Å²) in [6.07, 6.45) is 1.76. The molecule has 3 rings (SSSR count). The third-order valence-corrected chi connectivity index (χ3v) is 3.07. The molecule has 0 aliphatic heterocycles. The molecule has 0 spiro atoms. The van der Waals surface area contributed by atoms with Gasteiger partial charge in [0.1, 0.15) is 11.5 Å². The Morgan fingerprint density at radius 2 is 1.91 bits per heavy atom.